The average Bonchev–Trinajstić information content (AvgIpc) is 2.67. The minimum absolute atomic E-state index is 0.105. The highest BCUT2D eigenvalue weighted by atomic mass is 16.2. The van der Waals surface area contributed by atoms with Crippen molar-refractivity contribution in [3.05, 3.63) is 59.2 Å². The first-order valence-electron chi connectivity index (χ1n) is 9.13. The molecule has 140 valence electrons. The zero-order valence-corrected chi connectivity index (χ0v) is 15.4. The van der Waals surface area contributed by atoms with Gasteiger partial charge in [-0.25, -0.2) is 5.43 Å². The van der Waals surface area contributed by atoms with Gasteiger partial charge in [-0.3, -0.25) is 9.59 Å². The molecule has 0 unspecified atom stereocenters. The smallest absolute Gasteiger partial charge is 0.273 e. The van der Waals surface area contributed by atoms with E-state index < -0.39 is 5.91 Å². The second kappa shape index (κ2) is 8.49. The van der Waals surface area contributed by atoms with Gasteiger partial charge in [0, 0.05) is 17.1 Å². The minimum atomic E-state index is -0.398. The Balaban J connectivity index is 1.59. The van der Waals surface area contributed by atoms with E-state index in [9.17, 15) is 9.59 Å². The fourth-order valence-electron chi connectivity index (χ4n) is 3.27. The normalized spacial score (nSPS) is 13.6. The number of anilines is 2. The summed E-state index contributed by atoms with van der Waals surface area (Å²) in [5, 5.41) is 6.99. The number of benzene rings is 2. The summed E-state index contributed by atoms with van der Waals surface area (Å²) >= 11 is 0. The van der Waals surface area contributed by atoms with Crippen LogP contribution in [0.25, 0.3) is 0 Å². The number of carbonyl (C=O) groups excluding carboxylic acids is 2. The summed E-state index contributed by atoms with van der Waals surface area (Å²) < 4.78 is 0. The summed E-state index contributed by atoms with van der Waals surface area (Å²) in [7, 11) is 0. The molecule has 2 aromatic carbocycles. The monoisotopic (exact) mass is 364 g/mol. The van der Waals surface area contributed by atoms with E-state index in [1.54, 1.807) is 31.2 Å². The van der Waals surface area contributed by atoms with E-state index in [-0.39, 0.29) is 12.3 Å². The average molecular weight is 364 g/mol. The number of hydrogen-bond donors (Lipinski definition) is 3. The molecule has 0 fully saturated rings. The van der Waals surface area contributed by atoms with E-state index in [2.05, 4.69) is 21.9 Å². The lowest BCUT2D eigenvalue weighted by atomic mass is 9.90. The fourth-order valence-corrected chi connectivity index (χ4v) is 3.27. The van der Waals surface area contributed by atoms with Crippen LogP contribution in [0.5, 0.6) is 0 Å². The predicted molar refractivity (Wildman–Crippen MR) is 108 cm³/mol. The van der Waals surface area contributed by atoms with E-state index in [1.807, 2.05) is 12.1 Å². The van der Waals surface area contributed by atoms with Crippen LogP contribution in [0.1, 0.15) is 47.7 Å². The van der Waals surface area contributed by atoms with Crippen molar-refractivity contribution >= 4 is 28.9 Å². The van der Waals surface area contributed by atoms with Crippen molar-refractivity contribution in [1.82, 2.24) is 5.43 Å². The number of nitrogens with one attached hydrogen (secondary N) is 2. The SMILES string of the molecule is CC(CC(=O)Nc1cccc2c1CCCC2)=NNC(=O)c1ccccc1N. The van der Waals surface area contributed by atoms with Gasteiger partial charge in [0.15, 0.2) is 0 Å². The van der Waals surface area contributed by atoms with Crippen LogP contribution in [-0.2, 0) is 17.6 Å². The molecule has 0 aromatic heterocycles. The van der Waals surface area contributed by atoms with E-state index in [1.165, 1.54) is 17.5 Å². The second-order valence-corrected chi connectivity index (χ2v) is 6.75. The molecular weight excluding hydrogens is 340 g/mol. The lowest BCUT2D eigenvalue weighted by Crippen LogP contribution is -2.22. The predicted octanol–water partition coefficient (Wildman–Crippen LogP) is 3.28. The maximum Gasteiger partial charge on any atom is 0.273 e. The number of hydrazone groups is 1. The van der Waals surface area contributed by atoms with Crippen LogP contribution in [0.15, 0.2) is 47.6 Å². The maximum atomic E-state index is 12.4. The number of para-hydroxylation sites is 1. The molecule has 27 heavy (non-hydrogen) atoms. The highest BCUT2D eigenvalue weighted by Gasteiger charge is 2.15. The number of hydrogen-bond acceptors (Lipinski definition) is 4. The van der Waals surface area contributed by atoms with E-state index >= 15 is 0 Å². The van der Waals surface area contributed by atoms with Crippen LogP contribution < -0.4 is 16.5 Å². The molecule has 0 aliphatic heterocycles. The van der Waals surface area contributed by atoms with Crippen LogP contribution >= 0.6 is 0 Å². The summed E-state index contributed by atoms with van der Waals surface area (Å²) in [5.41, 5.74) is 12.9. The van der Waals surface area contributed by atoms with Gasteiger partial charge in [0.25, 0.3) is 5.91 Å². The Labute approximate surface area is 158 Å². The Morgan fingerprint density at radius 3 is 2.67 bits per heavy atom. The second-order valence-electron chi connectivity index (χ2n) is 6.75. The van der Waals surface area contributed by atoms with Gasteiger partial charge in [0.05, 0.1) is 12.0 Å². The summed E-state index contributed by atoms with van der Waals surface area (Å²) in [4.78, 5) is 24.5. The molecule has 0 radical (unpaired) electrons. The molecule has 3 rings (SSSR count). The molecule has 1 aliphatic rings. The quantitative estimate of drug-likeness (QED) is 0.431. The lowest BCUT2D eigenvalue weighted by Gasteiger charge is -2.19. The molecule has 0 saturated carbocycles. The zero-order chi connectivity index (χ0) is 19.2. The van der Waals surface area contributed by atoms with E-state index in [4.69, 9.17) is 5.73 Å². The molecule has 0 spiro atoms. The first kappa shape index (κ1) is 18.6. The molecular formula is C21H24N4O2. The third kappa shape index (κ3) is 4.73. The number of rotatable bonds is 5. The van der Waals surface area contributed by atoms with E-state index in [0.717, 1.165) is 24.9 Å². The minimum Gasteiger partial charge on any atom is -0.398 e. The van der Waals surface area contributed by atoms with Gasteiger partial charge in [-0.1, -0.05) is 24.3 Å². The third-order valence-electron chi connectivity index (χ3n) is 4.64. The fraction of sp³-hybridized carbons (Fsp3) is 0.286. The lowest BCUT2D eigenvalue weighted by molar-refractivity contribution is -0.115. The van der Waals surface area contributed by atoms with Crippen LogP contribution in [0, 0.1) is 0 Å². The van der Waals surface area contributed by atoms with Gasteiger partial charge >= 0.3 is 0 Å². The molecule has 6 heteroatoms. The van der Waals surface area contributed by atoms with E-state index in [0.29, 0.717) is 17.0 Å². The van der Waals surface area contributed by atoms with Crippen molar-refractivity contribution in [2.45, 2.75) is 39.0 Å². The molecule has 0 atom stereocenters. The van der Waals surface area contributed by atoms with Crippen LogP contribution in [0.3, 0.4) is 0 Å². The van der Waals surface area contributed by atoms with Gasteiger partial charge in [-0.05, 0) is 61.9 Å². The number of fused-ring (bicyclic) bond motifs is 1. The molecule has 2 aromatic rings. The third-order valence-corrected chi connectivity index (χ3v) is 4.64. The van der Waals surface area contributed by atoms with Crippen molar-refractivity contribution in [3.63, 3.8) is 0 Å². The molecule has 1 aliphatic carbocycles. The molecule has 6 nitrogen and oxygen atoms in total. The largest absolute Gasteiger partial charge is 0.398 e. The van der Waals surface area contributed by atoms with Gasteiger partial charge in [0.2, 0.25) is 5.91 Å². The molecule has 2 amide bonds. The van der Waals surface area contributed by atoms with Crippen molar-refractivity contribution in [1.29, 1.82) is 0 Å². The van der Waals surface area contributed by atoms with Crippen molar-refractivity contribution < 1.29 is 9.59 Å². The highest BCUT2D eigenvalue weighted by molar-refractivity contribution is 6.06. The Kier molecular flexibility index (Phi) is 5.86. The standard InChI is InChI=1S/C21H24N4O2/c1-14(24-25-21(27)17-10-4-5-11-18(17)22)13-20(26)23-19-12-6-8-15-7-2-3-9-16(15)19/h4-6,8,10-12H,2-3,7,9,13,22H2,1H3,(H,23,26)(H,25,27). The number of aryl methyl sites for hydroxylation is 1. The number of carbonyl (C=O) groups is 2. The highest BCUT2D eigenvalue weighted by Crippen LogP contribution is 2.27. The Hall–Kier alpha value is -3.15. The van der Waals surface area contributed by atoms with Gasteiger partial charge in [-0.2, -0.15) is 5.10 Å². The number of nitrogens with two attached hydrogens (primary N) is 1. The zero-order valence-electron chi connectivity index (χ0n) is 15.4. The van der Waals surface area contributed by atoms with Gasteiger partial charge in [-0.15, -0.1) is 0 Å². The van der Waals surface area contributed by atoms with Crippen molar-refractivity contribution in [3.8, 4) is 0 Å². The summed E-state index contributed by atoms with van der Waals surface area (Å²) in [6, 6.07) is 12.8. The summed E-state index contributed by atoms with van der Waals surface area (Å²) in [5.74, 6) is -0.548. The number of nitrogens with zero attached hydrogens (tertiary/aromatic N) is 1. The van der Waals surface area contributed by atoms with Crippen LogP contribution in [0.4, 0.5) is 11.4 Å². The van der Waals surface area contributed by atoms with Crippen molar-refractivity contribution in [2.24, 2.45) is 5.10 Å². The first-order valence-corrected chi connectivity index (χ1v) is 9.13. The number of amides is 2. The number of nitrogen functional groups attached to an aromatic ring is 1. The summed E-state index contributed by atoms with van der Waals surface area (Å²) in [6.45, 7) is 1.70. The van der Waals surface area contributed by atoms with Crippen LogP contribution in [-0.4, -0.2) is 17.5 Å². The maximum absolute atomic E-state index is 12.4. The molecule has 0 bridgehead atoms. The van der Waals surface area contributed by atoms with Crippen molar-refractivity contribution in [2.75, 3.05) is 11.1 Å². The topological polar surface area (TPSA) is 96.6 Å². The molecule has 0 saturated heterocycles. The Bertz CT molecular complexity index is 890. The van der Waals surface area contributed by atoms with Gasteiger partial charge < -0.3 is 11.1 Å². The van der Waals surface area contributed by atoms with Crippen LogP contribution in [0.2, 0.25) is 0 Å². The molecule has 4 N–H and O–H groups in total. The Morgan fingerprint density at radius 2 is 1.85 bits per heavy atom. The Morgan fingerprint density at radius 1 is 1.07 bits per heavy atom. The van der Waals surface area contributed by atoms with Gasteiger partial charge in [0.1, 0.15) is 0 Å². The molecule has 0 heterocycles. The first-order chi connectivity index (χ1) is 13.0. The summed E-state index contributed by atoms with van der Waals surface area (Å²) in [6.07, 6.45) is 4.51.